The van der Waals surface area contributed by atoms with Gasteiger partial charge in [-0.05, 0) is 6.92 Å². The van der Waals surface area contributed by atoms with E-state index >= 15 is 0 Å². The Kier molecular flexibility index (Phi) is 2.15. The summed E-state index contributed by atoms with van der Waals surface area (Å²) in [4.78, 5) is 21.6. The minimum absolute atomic E-state index is 0.283. The van der Waals surface area contributed by atoms with Crippen LogP contribution >= 0.6 is 0 Å². The van der Waals surface area contributed by atoms with Gasteiger partial charge in [0.25, 0.3) is 0 Å². The molecule has 0 aromatic rings. The van der Waals surface area contributed by atoms with Crippen LogP contribution in [0.25, 0.3) is 0 Å². The maximum atomic E-state index is 13.3. The molecule has 6 heteroatoms. The Hall–Kier alpha value is -1.33. The number of carbonyl (C=O) groups is 2. The summed E-state index contributed by atoms with van der Waals surface area (Å²) in [5, 5.41) is 17.2. The summed E-state index contributed by atoms with van der Waals surface area (Å²) in [5.41, 5.74) is -1.73. The number of carboxylic acid groups (broad SMARTS) is 2. The van der Waals surface area contributed by atoms with Crippen molar-refractivity contribution in [2.45, 2.75) is 25.1 Å². The Labute approximate surface area is 73.8 Å². The van der Waals surface area contributed by atoms with Crippen LogP contribution in [0.5, 0.6) is 0 Å². The molecule has 0 aromatic carbocycles. The zero-order valence-corrected chi connectivity index (χ0v) is 7.03. The number of alkyl halides is 1. The highest BCUT2D eigenvalue weighted by Gasteiger charge is 2.46. The topological polar surface area (TPSA) is 77.8 Å². The minimum Gasteiger partial charge on any atom is -0.480 e. The summed E-state index contributed by atoms with van der Waals surface area (Å²) in [6, 6.07) is -1.26. The van der Waals surface area contributed by atoms with E-state index in [0.717, 1.165) is 0 Å². The lowest BCUT2D eigenvalue weighted by Crippen LogP contribution is -2.39. The molecule has 1 heterocycles. The van der Waals surface area contributed by atoms with Crippen LogP contribution in [0, 0.1) is 0 Å². The average molecular weight is 191 g/mol. The van der Waals surface area contributed by atoms with Gasteiger partial charge in [0.05, 0.1) is 6.54 Å². The summed E-state index contributed by atoms with van der Waals surface area (Å²) in [7, 11) is 0. The molecule has 1 saturated heterocycles. The van der Waals surface area contributed by atoms with Gasteiger partial charge in [-0.2, -0.15) is 0 Å². The Balaban J connectivity index is 2.83. The van der Waals surface area contributed by atoms with Crippen LogP contribution in [-0.4, -0.2) is 45.4 Å². The third-order valence-corrected chi connectivity index (χ3v) is 2.03. The molecule has 5 nitrogen and oxygen atoms in total. The highest BCUT2D eigenvalue weighted by atomic mass is 19.1. The smallest absolute Gasteiger partial charge is 0.408 e. The molecule has 0 aromatic heterocycles. The molecular formula is C7H10FNO4. The largest absolute Gasteiger partial charge is 0.480 e. The molecule has 0 bridgehead atoms. The number of nitrogens with zero attached hydrogens (tertiary/aromatic N) is 1. The van der Waals surface area contributed by atoms with Gasteiger partial charge in [0.15, 0.2) is 0 Å². The molecule has 13 heavy (non-hydrogen) atoms. The van der Waals surface area contributed by atoms with E-state index < -0.39 is 23.8 Å². The van der Waals surface area contributed by atoms with Crippen molar-refractivity contribution in [3.05, 3.63) is 0 Å². The van der Waals surface area contributed by atoms with Gasteiger partial charge in [-0.3, -0.25) is 4.90 Å². The van der Waals surface area contributed by atoms with Crippen molar-refractivity contribution in [1.29, 1.82) is 0 Å². The van der Waals surface area contributed by atoms with Crippen LogP contribution in [0.4, 0.5) is 9.18 Å². The predicted octanol–water partition coefficient (Wildman–Crippen LogP) is 0.552. The lowest BCUT2D eigenvalue weighted by molar-refractivity contribution is -0.141. The molecule has 1 rings (SSSR count). The molecule has 1 amide bonds. The van der Waals surface area contributed by atoms with Crippen LogP contribution in [0.3, 0.4) is 0 Å². The molecule has 0 spiro atoms. The fourth-order valence-electron chi connectivity index (χ4n) is 1.46. The van der Waals surface area contributed by atoms with Crippen molar-refractivity contribution in [3.8, 4) is 0 Å². The summed E-state index contributed by atoms with van der Waals surface area (Å²) in [6.45, 7) is 0.825. The predicted molar refractivity (Wildman–Crippen MR) is 40.3 cm³/mol. The van der Waals surface area contributed by atoms with Crippen molar-refractivity contribution in [2.75, 3.05) is 6.54 Å². The van der Waals surface area contributed by atoms with Gasteiger partial charge in [0, 0.05) is 6.42 Å². The summed E-state index contributed by atoms with van der Waals surface area (Å²) < 4.78 is 13.3. The van der Waals surface area contributed by atoms with Gasteiger partial charge in [-0.1, -0.05) is 0 Å². The van der Waals surface area contributed by atoms with Crippen molar-refractivity contribution >= 4 is 12.1 Å². The fraction of sp³-hybridized carbons (Fsp3) is 0.714. The van der Waals surface area contributed by atoms with Crippen LogP contribution in [0.15, 0.2) is 0 Å². The summed E-state index contributed by atoms with van der Waals surface area (Å²) in [5.74, 6) is -1.30. The first-order valence-corrected chi connectivity index (χ1v) is 3.75. The van der Waals surface area contributed by atoms with E-state index in [-0.39, 0.29) is 13.0 Å². The van der Waals surface area contributed by atoms with Crippen molar-refractivity contribution in [3.63, 3.8) is 0 Å². The molecule has 2 atom stereocenters. The van der Waals surface area contributed by atoms with Crippen molar-refractivity contribution < 1.29 is 24.2 Å². The summed E-state index contributed by atoms with van der Waals surface area (Å²) in [6.07, 6.45) is -1.68. The Bertz CT molecular complexity index is 229. The molecule has 1 aliphatic heterocycles. The zero-order chi connectivity index (χ0) is 10.2. The van der Waals surface area contributed by atoms with Gasteiger partial charge in [0.2, 0.25) is 0 Å². The standard InChI is InChI=1S/C7H10FNO4/c1-7(8)2-4(5(10)11)9(3-7)6(12)13/h4H,2-3H2,1H3,(H,10,11)(H,12,13). The molecule has 1 fully saturated rings. The second-order valence-electron chi connectivity index (χ2n) is 3.38. The van der Waals surface area contributed by atoms with Crippen LogP contribution < -0.4 is 0 Å². The van der Waals surface area contributed by atoms with Crippen LogP contribution in [-0.2, 0) is 4.79 Å². The van der Waals surface area contributed by atoms with Crippen LogP contribution in [0.2, 0.25) is 0 Å². The first-order chi connectivity index (χ1) is 5.83. The first-order valence-electron chi connectivity index (χ1n) is 3.75. The zero-order valence-electron chi connectivity index (χ0n) is 7.03. The Morgan fingerprint density at radius 1 is 1.54 bits per heavy atom. The monoisotopic (exact) mass is 191 g/mol. The van der Waals surface area contributed by atoms with Gasteiger partial charge in [0.1, 0.15) is 11.7 Å². The molecule has 2 N–H and O–H groups in total. The number of hydrogen-bond donors (Lipinski definition) is 2. The van der Waals surface area contributed by atoms with Gasteiger partial charge in [-0.25, -0.2) is 14.0 Å². The second kappa shape index (κ2) is 2.86. The van der Waals surface area contributed by atoms with E-state index in [9.17, 15) is 14.0 Å². The van der Waals surface area contributed by atoms with E-state index in [0.29, 0.717) is 4.90 Å². The second-order valence-corrected chi connectivity index (χ2v) is 3.38. The highest BCUT2D eigenvalue weighted by molar-refractivity contribution is 5.80. The first kappa shape index (κ1) is 9.76. The number of amides is 1. The number of hydrogen-bond acceptors (Lipinski definition) is 2. The normalized spacial score (nSPS) is 33.4. The quantitative estimate of drug-likeness (QED) is 0.634. The molecule has 0 radical (unpaired) electrons. The van der Waals surface area contributed by atoms with Crippen molar-refractivity contribution in [2.24, 2.45) is 0 Å². The number of carboxylic acids is 1. The molecule has 1 aliphatic rings. The minimum atomic E-state index is -1.73. The number of aliphatic carboxylic acids is 1. The number of rotatable bonds is 1. The van der Waals surface area contributed by atoms with Gasteiger partial charge in [-0.15, -0.1) is 0 Å². The molecule has 0 aliphatic carbocycles. The van der Waals surface area contributed by atoms with Crippen molar-refractivity contribution in [1.82, 2.24) is 4.90 Å². The molecule has 2 unspecified atom stereocenters. The van der Waals surface area contributed by atoms with E-state index in [4.69, 9.17) is 10.2 Å². The van der Waals surface area contributed by atoms with E-state index in [1.807, 2.05) is 0 Å². The highest BCUT2D eigenvalue weighted by Crippen LogP contribution is 2.30. The molecule has 0 saturated carbocycles. The lowest BCUT2D eigenvalue weighted by Gasteiger charge is -2.16. The third-order valence-electron chi connectivity index (χ3n) is 2.03. The van der Waals surface area contributed by atoms with Gasteiger partial charge >= 0.3 is 12.1 Å². The average Bonchev–Trinajstić information content (AvgIpc) is 2.26. The lowest BCUT2D eigenvalue weighted by atomic mass is 10.1. The molecular weight excluding hydrogens is 181 g/mol. The Morgan fingerprint density at radius 3 is 2.38 bits per heavy atom. The SMILES string of the molecule is CC1(F)CC(C(=O)O)N(C(=O)O)C1. The third kappa shape index (κ3) is 1.88. The van der Waals surface area contributed by atoms with E-state index in [1.54, 1.807) is 0 Å². The van der Waals surface area contributed by atoms with E-state index in [2.05, 4.69) is 0 Å². The Morgan fingerprint density at radius 2 is 2.08 bits per heavy atom. The van der Waals surface area contributed by atoms with Crippen LogP contribution in [0.1, 0.15) is 13.3 Å². The maximum Gasteiger partial charge on any atom is 0.408 e. The fourth-order valence-corrected chi connectivity index (χ4v) is 1.46. The van der Waals surface area contributed by atoms with Gasteiger partial charge < -0.3 is 10.2 Å². The number of likely N-dealkylation sites (tertiary alicyclic amines) is 1. The van der Waals surface area contributed by atoms with E-state index in [1.165, 1.54) is 6.92 Å². The summed E-state index contributed by atoms with van der Waals surface area (Å²) >= 11 is 0. The number of halogens is 1. The molecule has 74 valence electrons. The maximum absolute atomic E-state index is 13.3.